The lowest BCUT2D eigenvalue weighted by Gasteiger charge is -2.34. The molecule has 2 fully saturated rings. The summed E-state index contributed by atoms with van der Waals surface area (Å²) in [6.07, 6.45) is 4.16. The maximum atomic E-state index is 13.0. The third-order valence-corrected chi connectivity index (χ3v) is 3.80. The van der Waals surface area contributed by atoms with Crippen LogP contribution < -0.4 is 5.73 Å². The van der Waals surface area contributed by atoms with Gasteiger partial charge in [-0.2, -0.15) is 0 Å². The maximum absolute atomic E-state index is 13.0. The third-order valence-electron chi connectivity index (χ3n) is 3.80. The van der Waals surface area contributed by atoms with Crippen LogP contribution in [0.2, 0.25) is 0 Å². The van der Waals surface area contributed by atoms with Crippen molar-refractivity contribution in [3.05, 3.63) is 0 Å². The van der Waals surface area contributed by atoms with Crippen LogP contribution in [0.3, 0.4) is 0 Å². The summed E-state index contributed by atoms with van der Waals surface area (Å²) in [5, 5.41) is 0. The predicted molar refractivity (Wildman–Crippen MR) is 67.9 cm³/mol. The summed E-state index contributed by atoms with van der Waals surface area (Å²) in [6.45, 7) is 1.18. The van der Waals surface area contributed by atoms with Crippen LogP contribution in [0.4, 0.5) is 4.39 Å². The van der Waals surface area contributed by atoms with Crippen molar-refractivity contribution in [1.82, 2.24) is 4.90 Å². The second kappa shape index (κ2) is 6.55. The highest BCUT2D eigenvalue weighted by molar-refractivity contribution is 5.85. The average Bonchev–Trinajstić information content (AvgIpc) is 2.29. The monoisotopic (exact) mass is 264 g/mol. The standard InChI is InChI=1S/C12H21FN2O.ClH/c13-10-4-6-15(7-5-10)12(16)9-2-1-3-11(14)8-9;/h9-11H,1-8,14H2;1H/t9-,11+;/m1./s1. The fourth-order valence-electron chi connectivity index (χ4n) is 2.78. The molecule has 2 atom stereocenters. The van der Waals surface area contributed by atoms with Crippen LogP contribution in [0.5, 0.6) is 0 Å². The number of carbonyl (C=O) groups excluding carboxylic acids is 1. The lowest BCUT2D eigenvalue weighted by atomic mass is 9.85. The Labute approximate surface area is 108 Å². The van der Waals surface area contributed by atoms with Crippen molar-refractivity contribution in [2.45, 2.75) is 50.7 Å². The van der Waals surface area contributed by atoms with Gasteiger partial charge in [-0.1, -0.05) is 6.42 Å². The maximum Gasteiger partial charge on any atom is 0.225 e. The molecule has 0 spiro atoms. The number of halogens is 2. The molecule has 1 aliphatic carbocycles. The highest BCUT2D eigenvalue weighted by Crippen LogP contribution is 2.26. The van der Waals surface area contributed by atoms with Gasteiger partial charge >= 0.3 is 0 Å². The number of hydrogen-bond donors (Lipinski definition) is 1. The molecule has 3 nitrogen and oxygen atoms in total. The lowest BCUT2D eigenvalue weighted by molar-refractivity contribution is -0.138. The molecule has 1 saturated carbocycles. The van der Waals surface area contributed by atoms with Crippen LogP contribution in [-0.2, 0) is 4.79 Å². The van der Waals surface area contributed by atoms with Gasteiger partial charge in [0.15, 0.2) is 0 Å². The fraction of sp³-hybridized carbons (Fsp3) is 0.917. The first-order valence-corrected chi connectivity index (χ1v) is 6.35. The first-order chi connectivity index (χ1) is 7.66. The quantitative estimate of drug-likeness (QED) is 0.786. The van der Waals surface area contributed by atoms with Gasteiger partial charge in [0.05, 0.1) is 0 Å². The van der Waals surface area contributed by atoms with Gasteiger partial charge < -0.3 is 10.6 Å². The van der Waals surface area contributed by atoms with Crippen molar-refractivity contribution < 1.29 is 9.18 Å². The first-order valence-electron chi connectivity index (χ1n) is 6.35. The first kappa shape index (κ1) is 14.7. The normalized spacial score (nSPS) is 30.8. The smallest absolute Gasteiger partial charge is 0.225 e. The molecule has 1 heterocycles. The summed E-state index contributed by atoms with van der Waals surface area (Å²) in [7, 11) is 0. The highest BCUT2D eigenvalue weighted by atomic mass is 35.5. The van der Waals surface area contributed by atoms with E-state index >= 15 is 0 Å². The molecule has 5 heteroatoms. The second-order valence-electron chi connectivity index (χ2n) is 5.12. The van der Waals surface area contributed by atoms with Crippen molar-refractivity contribution in [3.63, 3.8) is 0 Å². The van der Waals surface area contributed by atoms with Gasteiger partial charge in [0, 0.05) is 25.0 Å². The molecule has 17 heavy (non-hydrogen) atoms. The van der Waals surface area contributed by atoms with Crippen LogP contribution in [0.1, 0.15) is 38.5 Å². The molecule has 0 aromatic heterocycles. The van der Waals surface area contributed by atoms with Gasteiger partial charge in [0.2, 0.25) is 5.91 Å². The summed E-state index contributed by atoms with van der Waals surface area (Å²) >= 11 is 0. The van der Waals surface area contributed by atoms with Gasteiger partial charge in [-0.15, -0.1) is 12.4 Å². The number of likely N-dealkylation sites (tertiary alicyclic amines) is 1. The number of amides is 1. The molecule has 100 valence electrons. The van der Waals surface area contributed by atoms with Crippen LogP contribution in [0.25, 0.3) is 0 Å². The molecule has 0 aromatic carbocycles. The summed E-state index contributed by atoms with van der Waals surface area (Å²) < 4.78 is 13.0. The van der Waals surface area contributed by atoms with E-state index in [1.54, 1.807) is 0 Å². The number of piperidine rings is 1. The minimum absolute atomic E-state index is 0. The van der Waals surface area contributed by atoms with Gasteiger partial charge in [-0.25, -0.2) is 4.39 Å². The fourth-order valence-corrected chi connectivity index (χ4v) is 2.78. The molecule has 2 rings (SSSR count). The second-order valence-corrected chi connectivity index (χ2v) is 5.12. The van der Waals surface area contributed by atoms with Crippen LogP contribution in [0.15, 0.2) is 0 Å². The molecule has 2 aliphatic rings. The molecular weight excluding hydrogens is 243 g/mol. The number of rotatable bonds is 1. The molecule has 0 bridgehead atoms. The van der Waals surface area contributed by atoms with Crippen molar-refractivity contribution in [2.24, 2.45) is 11.7 Å². The van der Waals surface area contributed by atoms with E-state index in [-0.39, 0.29) is 30.3 Å². The molecule has 0 aromatic rings. The van der Waals surface area contributed by atoms with Gasteiger partial charge in [-0.3, -0.25) is 4.79 Å². The number of nitrogens with two attached hydrogens (primary N) is 1. The minimum atomic E-state index is -0.710. The van der Waals surface area contributed by atoms with E-state index in [1.165, 1.54) is 0 Å². The summed E-state index contributed by atoms with van der Waals surface area (Å²) in [6, 6.07) is 0.182. The van der Waals surface area contributed by atoms with E-state index in [0.717, 1.165) is 25.7 Å². The molecule has 1 aliphatic heterocycles. The van der Waals surface area contributed by atoms with Crippen LogP contribution in [-0.4, -0.2) is 36.1 Å². The number of nitrogens with zero attached hydrogens (tertiary/aromatic N) is 1. The van der Waals surface area contributed by atoms with E-state index < -0.39 is 6.17 Å². The Bertz CT molecular complexity index is 257. The number of hydrogen-bond acceptors (Lipinski definition) is 2. The number of alkyl halides is 1. The van der Waals surface area contributed by atoms with Crippen LogP contribution >= 0.6 is 12.4 Å². The van der Waals surface area contributed by atoms with Crippen molar-refractivity contribution >= 4 is 18.3 Å². The molecule has 1 amide bonds. The van der Waals surface area contributed by atoms with E-state index in [1.807, 2.05) is 4.90 Å². The zero-order valence-corrected chi connectivity index (χ0v) is 10.9. The van der Waals surface area contributed by atoms with Gasteiger partial charge in [-0.05, 0) is 32.1 Å². The third kappa shape index (κ3) is 3.81. The molecular formula is C12H22ClFN2O. The van der Waals surface area contributed by atoms with E-state index in [2.05, 4.69) is 0 Å². The molecule has 0 radical (unpaired) electrons. The molecule has 1 saturated heterocycles. The summed E-state index contributed by atoms with van der Waals surface area (Å²) in [5.41, 5.74) is 5.88. The SMILES string of the molecule is Cl.N[C@H]1CCC[C@@H](C(=O)N2CCC(F)CC2)C1. The van der Waals surface area contributed by atoms with Crippen molar-refractivity contribution in [1.29, 1.82) is 0 Å². The zero-order valence-electron chi connectivity index (χ0n) is 10.1. The molecule has 0 unspecified atom stereocenters. The van der Waals surface area contributed by atoms with Gasteiger partial charge in [0.1, 0.15) is 6.17 Å². The predicted octanol–water partition coefficient (Wildman–Crippen LogP) is 1.89. The average molecular weight is 265 g/mol. The minimum Gasteiger partial charge on any atom is -0.342 e. The topological polar surface area (TPSA) is 46.3 Å². The molecule has 2 N–H and O–H groups in total. The summed E-state index contributed by atoms with van der Waals surface area (Å²) in [5.74, 6) is 0.307. The number of carbonyl (C=O) groups is 1. The zero-order chi connectivity index (χ0) is 11.5. The van der Waals surface area contributed by atoms with E-state index in [4.69, 9.17) is 5.73 Å². The Kier molecular flexibility index (Phi) is 5.67. The Morgan fingerprint density at radius 3 is 2.41 bits per heavy atom. The van der Waals surface area contributed by atoms with Crippen LogP contribution in [0, 0.1) is 5.92 Å². The van der Waals surface area contributed by atoms with E-state index in [9.17, 15) is 9.18 Å². The largest absolute Gasteiger partial charge is 0.342 e. The Morgan fingerprint density at radius 1 is 1.18 bits per heavy atom. The van der Waals surface area contributed by atoms with Crippen molar-refractivity contribution in [2.75, 3.05) is 13.1 Å². The Morgan fingerprint density at radius 2 is 1.82 bits per heavy atom. The lowest BCUT2D eigenvalue weighted by Crippen LogP contribution is -2.44. The summed E-state index contributed by atoms with van der Waals surface area (Å²) in [4.78, 5) is 14.0. The Hall–Kier alpha value is -0.350. The Balaban J connectivity index is 0.00000144. The van der Waals surface area contributed by atoms with E-state index in [0.29, 0.717) is 25.9 Å². The highest BCUT2D eigenvalue weighted by Gasteiger charge is 2.30. The van der Waals surface area contributed by atoms with Gasteiger partial charge in [0.25, 0.3) is 0 Å². The van der Waals surface area contributed by atoms with Crippen molar-refractivity contribution in [3.8, 4) is 0 Å².